The third-order valence-corrected chi connectivity index (χ3v) is 7.93. The van der Waals surface area contributed by atoms with Gasteiger partial charge in [0.25, 0.3) is 0 Å². The second-order valence-electron chi connectivity index (χ2n) is 10.2. The topological polar surface area (TPSA) is 131 Å². The van der Waals surface area contributed by atoms with Crippen LogP contribution in [0.1, 0.15) is 34.9 Å². The molecule has 0 aliphatic carbocycles. The molecule has 2 aliphatic rings. The lowest BCUT2D eigenvalue weighted by atomic mass is 9.91. The molecule has 0 amide bonds. The summed E-state index contributed by atoms with van der Waals surface area (Å²) >= 11 is 11.7. The Bertz CT molecular complexity index is 1810. The van der Waals surface area contributed by atoms with Crippen molar-refractivity contribution in [2.75, 3.05) is 6.61 Å². The van der Waals surface area contributed by atoms with E-state index in [1.807, 2.05) is 0 Å². The molecule has 2 fully saturated rings. The number of aryl methyl sites for hydroxylation is 1. The zero-order chi connectivity index (χ0) is 31.7. The van der Waals surface area contributed by atoms with Gasteiger partial charge in [-0.25, -0.2) is 18.4 Å². The Labute approximate surface area is 254 Å². The number of nitriles is 1. The molecule has 230 valence electrons. The molecule has 6 atom stereocenters. The zero-order valence-corrected chi connectivity index (χ0v) is 23.7. The predicted molar refractivity (Wildman–Crippen MR) is 142 cm³/mol. The number of nitrogens with zero attached hydrogens (tertiary/aromatic N) is 6. The van der Waals surface area contributed by atoms with E-state index in [0.717, 1.165) is 22.9 Å². The summed E-state index contributed by atoms with van der Waals surface area (Å²) in [7, 11) is 0. The van der Waals surface area contributed by atoms with E-state index < -0.39 is 76.2 Å². The molecule has 2 aromatic carbocycles. The summed E-state index contributed by atoms with van der Waals surface area (Å²) in [5.74, 6) is -2.80. The van der Waals surface area contributed by atoms with E-state index >= 15 is 0 Å². The molecule has 4 aromatic rings. The molecule has 0 spiro atoms. The van der Waals surface area contributed by atoms with Crippen molar-refractivity contribution in [2.24, 2.45) is 0 Å². The number of rotatable bonds is 4. The molecular weight excluding hydrogens is 638 g/mol. The Morgan fingerprint density at radius 1 is 1.11 bits per heavy atom. The number of hydrogen-bond donors (Lipinski definition) is 2. The highest BCUT2D eigenvalue weighted by Crippen LogP contribution is 2.45. The molecule has 4 heterocycles. The number of halogens is 7. The monoisotopic (exact) mass is 656 g/mol. The highest BCUT2D eigenvalue weighted by molar-refractivity contribution is 6.31. The van der Waals surface area contributed by atoms with Crippen molar-refractivity contribution in [2.45, 2.75) is 49.7 Å². The van der Waals surface area contributed by atoms with Gasteiger partial charge in [-0.05, 0) is 31.2 Å². The van der Waals surface area contributed by atoms with Crippen LogP contribution in [0.25, 0.3) is 16.8 Å². The molecule has 44 heavy (non-hydrogen) atoms. The summed E-state index contributed by atoms with van der Waals surface area (Å²) in [4.78, 5) is 4.24. The molecular formula is C27H19Cl2F5N6O4. The SMILES string of the molecule is Cc1nc([C@@H]2OC3C(O)CO[C@@H]3C(n3cc(-c4ccc(Cl)c(F)c4F)cn3)[C@@H]2O)n(-c2cc(Cl)cc(C#N)c2C(F)(F)F)n1. The van der Waals surface area contributed by atoms with Gasteiger partial charge >= 0.3 is 6.18 Å². The molecule has 2 aromatic heterocycles. The van der Waals surface area contributed by atoms with Crippen LogP contribution in [0.15, 0.2) is 36.7 Å². The molecule has 0 saturated carbocycles. The first-order chi connectivity index (χ1) is 20.8. The third-order valence-electron chi connectivity index (χ3n) is 7.42. The van der Waals surface area contributed by atoms with Crippen LogP contribution in [-0.2, 0) is 15.7 Å². The van der Waals surface area contributed by atoms with Gasteiger partial charge in [-0.15, -0.1) is 0 Å². The van der Waals surface area contributed by atoms with E-state index in [0.29, 0.717) is 0 Å². The van der Waals surface area contributed by atoms with E-state index in [2.05, 4.69) is 15.2 Å². The quantitative estimate of drug-likeness (QED) is 0.238. The lowest BCUT2D eigenvalue weighted by molar-refractivity contribution is -0.196. The van der Waals surface area contributed by atoms with Crippen LogP contribution in [0, 0.1) is 29.9 Å². The Hall–Kier alpha value is -3.65. The van der Waals surface area contributed by atoms with Crippen LogP contribution in [0.5, 0.6) is 0 Å². The Morgan fingerprint density at radius 2 is 1.86 bits per heavy atom. The minimum atomic E-state index is -5.01. The second-order valence-corrected chi connectivity index (χ2v) is 11.0. The summed E-state index contributed by atoms with van der Waals surface area (Å²) in [5.41, 5.74) is -2.81. The Balaban J connectivity index is 1.47. The first-order valence-electron chi connectivity index (χ1n) is 12.9. The number of aliphatic hydroxyl groups is 2. The van der Waals surface area contributed by atoms with Crippen molar-refractivity contribution in [3.8, 4) is 22.9 Å². The maximum Gasteiger partial charge on any atom is 0.419 e. The van der Waals surface area contributed by atoms with Crippen LogP contribution < -0.4 is 0 Å². The number of fused-ring (bicyclic) bond motifs is 1. The summed E-state index contributed by atoms with van der Waals surface area (Å²) in [6.45, 7) is 1.19. The van der Waals surface area contributed by atoms with E-state index in [1.165, 1.54) is 36.1 Å². The average Bonchev–Trinajstić information content (AvgIpc) is 3.69. The first-order valence-corrected chi connectivity index (χ1v) is 13.6. The molecule has 0 radical (unpaired) electrons. The third kappa shape index (κ3) is 5.01. The standard InChI is InChI=1S/C27H19Cl2F5N6O4/c1-10-37-26(40(38-10)16-5-13(28)4-11(6-35)18(16)27(32,33)34)25-22(42)21(24-23(44-25)17(41)9-43-24)39-8-12(7-36-39)14-2-3-15(29)20(31)19(14)30/h2-5,7-8,17,21-25,41-42H,9H2,1H3/t17?,21?,22-,23?,24+,25+/m0/s1. The highest BCUT2D eigenvalue weighted by atomic mass is 35.5. The maximum absolute atomic E-state index is 14.7. The number of aliphatic hydroxyl groups excluding tert-OH is 2. The van der Waals surface area contributed by atoms with Gasteiger partial charge in [0.15, 0.2) is 17.5 Å². The smallest absolute Gasteiger partial charge is 0.388 e. The number of aromatic nitrogens is 5. The molecule has 2 N–H and O–H groups in total. The Morgan fingerprint density at radius 3 is 2.57 bits per heavy atom. The molecule has 2 aliphatic heterocycles. The molecule has 3 unspecified atom stereocenters. The van der Waals surface area contributed by atoms with Gasteiger partial charge in [0.2, 0.25) is 0 Å². The molecule has 6 rings (SSSR count). The van der Waals surface area contributed by atoms with Gasteiger partial charge in [0.05, 0.1) is 40.7 Å². The van der Waals surface area contributed by atoms with Crippen LogP contribution in [0.2, 0.25) is 10.0 Å². The van der Waals surface area contributed by atoms with Crippen LogP contribution in [0.4, 0.5) is 22.0 Å². The van der Waals surface area contributed by atoms with Crippen molar-refractivity contribution >= 4 is 23.2 Å². The van der Waals surface area contributed by atoms with Gasteiger partial charge in [-0.2, -0.15) is 28.6 Å². The fraction of sp³-hybridized carbons (Fsp3) is 0.333. The summed E-state index contributed by atoms with van der Waals surface area (Å²) < 4.78 is 85.3. The summed E-state index contributed by atoms with van der Waals surface area (Å²) in [6, 6.07) is 4.55. The minimum Gasteiger partial charge on any atom is -0.388 e. The summed E-state index contributed by atoms with van der Waals surface area (Å²) in [6.07, 6.45) is -9.02. The van der Waals surface area contributed by atoms with Crippen molar-refractivity contribution in [1.82, 2.24) is 24.5 Å². The van der Waals surface area contributed by atoms with Gasteiger partial charge in [-0.3, -0.25) is 4.68 Å². The van der Waals surface area contributed by atoms with Crippen molar-refractivity contribution in [3.05, 3.63) is 81.1 Å². The largest absolute Gasteiger partial charge is 0.419 e. The number of benzene rings is 2. The van der Waals surface area contributed by atoms with E-state index in [-0.39, 0.29) is 34.4 Å². The van der Waals surface area contributed by atoms with Crippen molar-refractivity contribution in [3.63, 3.8) is 0 Å². The van der Waals surface area contributed by atoms with Gasteiger partial charge < -0.3 is 19.7 Å². The fourth-order valence-electron chi connectivity index (χ4n) is 5.55. The van der Waals surface area contributed by atoms with Crippen LogP contribution >= 0.6 is 23.2 Å². The van der Waals surface area contributed by atoms with E-state index in [9.17, 15) is 37.4 Å². The predicted octanol–water partition coefficient (Wildman–Crippen LogP) is 4.72. The molecule has 17 heteroatoms. The van der Waals surface area contributed by atoms with Gasteiger partial charge in [0, 0.05) is 22.3 Å². The Kier molecular flexibility index (Phi) is 7.63. The molecule has 10 nitrogen and oxygen atoms in total. The lowest BCUT2D eigenvalue weighted by Crippen LogP contribution is -2.52. The minimum absolute atomic E-state index is 0.00841. The van der Waals surface area contributed by atoms with Crippen LogP contribution in [0.3, 0.4) is 0 Å². The lowest BCUT2D eigenvalue weighted by Gasteiger charge is -2.41. The highest BCUT2D eigenvalue weighted by Gasteiger charge is 2.55. The zero-order valence-electron chi connectivity index (χ0n) is 22.2. The summed E-state index contributed by atoms with van der Waals surface area (Å²) in [5, 5.41) is 39.5. The van der Waals surface area contributed by atoms with Crippen LogP contribution in [-0.4, -0.2) is 65.8 Å². The molecule has 0 bridgehead atoms. The first kappa shape index (κ1) is 30.4. The maximum atomic E-state index is 14.7. The van der Waals surface area contributed by atoms with E-state index in [1.54, 1.807) is 0 Å². The van der Waals surface area contributed by atoms with Crippen molar-refractivity contribution < 1.29 is 41.6 Å². The number of alkyl halides is 3. The van der Waals surface area contributed by atoms with E-state index in [4.69, 9.17) is 32.7 Å². The fourth-order valence-corrected chi connectivity index (χ4v) is 5.91. The molecule has 2 saturated heterocycles. The van der Waals surface area contributed by atoms with Gasteiger partial charge in [-0.1, -0.05) is 23.2 Å². The normalized spacial score (nSPS) is 25.2. The van der Waals surface area contributed by atoms with Crippen molar-refractivity contribution in [1.29, 1.82) is 5.26 Å². The number of ether oxygens (including phenoxy) is 2. The average molecular weight is 657 g/mol. The second kappa shape index (κ2) is 11.1. The number of hydrogen-bond acceptors (Lipinski definition) is 8. The van der Waals surface area contributed by atoms with Gasteiger partial charge in [0.1, 0.15) is 42.4 Å².